The van der Waals surface area contributed by atoms with Gasteiger partial charge in [0, 0.05) is 16.5 Å². The molecule has 0 radical (unpaired) electrons. The summed E-state index contributed by atoms with van der Waals surface area (Å²) in [6, 6.07) is 31.9. The van der Waals surface area contributed by atoms with Crippen molar-refractivity contribution in [2.75, 3.05) is 0 Å². The van der Waals surface area contributed by atoms with Crippen molar-refractivity contribution in [2.24, 2.45) is 0 Å². The highest BCUT2D eigenvalue weighted by Gasteiger charge is 2.32. The van der Waals surface area contributed by atoms with Gasteiger partial charge < -0.3 is 10.2 Å². The molecule has 0 saturated heterocycles. The van der Waals surface area contributed by atoms with Crippen LogP contribution in [0.3, 0.4) is 0 Å². The van der Waals surface area contributed by atoms with E-state index in [-0.39, 0.29) is 11.5 Å². The van der Waals surface area contributed by atoms with Gasteiger partial charge in [-0.25, -0.2) is 0 Å². The van der Waals surface area contributed by atoms with E-state index in [4.69, 9.17) is 0 Å². The van der Waals surface area contributed by atoms with Gasteiger partial charge in [0.25, 0.3) is 0 Å². The maximum Gasteiger partial charge on any atom is 0.126 e. The first-order valence-electron chi connectivity index (χ1n) is 9.75. The molecule has 4 rings (SSSR count). The Morgan fingerprint density at radius 2 is 1.10 bits per heavy atom. The summed E-state index contributed by atoms with van der Waals surface area (Å²) in [7, 11) is 0. The predicted octanol–water partition coefficient (Wildman–Crippen LogP) is 6.43. The number of phenols is 2. The molecular weight excluding hydrogens is 356 g/mol. The smallest absolute Gasteiger partial charge is 0.126 e. The highest BCUT2D eigenvalue weighted by Crippen LogP contribution is 2.44. The quantitative estimate of drug-likeness (QED) is 0.401. The summed E-state index contributed by atoms with van der Waals surface area (Å²) in [4.78, 5) is 0. The summed E-state index contributed by atoms with van der Waals surface area (Å²) in [5.74, 6) is 0.346. The highest BCUT2D eigenvalue weighted by atomic mass is 16.3. The molecule has 0 aliphatic carbocycles. The monoisotopic (exact) mass is 380 g/mol. The highest BCUT2D eigenvalue weighted by molar-refractivity contribution is 5.78. The van der Waals surface area contributed by atoms with Crippen LogP contribution in [0.15, 0.2) is 97.1 Å². The van der Waals surface area contributed by atoms with Crippen LogP contribution < -0.4 is 0 Å². The van der Waals surface area contributed by atoms with Crippen molar-refractivity contribution in [3.05, 3.63) is 119 Å². The molecule has 0 heterocycles. The van der Waals surface area contributed by atoms with Crippen LogP contribution in [0.4, 0.5) is 0 Å². The van der Waals surface area contributed by atoms with Gasteiger partial charge in [-0.1, -0.05) is 84.9 Å². The second kappa shape index (κ2) is 7.48. The number of hydrogen-bond acceptors (Lipinski definition) is 2. The van der Waals surface area contributed by atoms with Crippen LogP contribution in [0.1, 0.15) is 29.2 Å². The standard InChI is InChI=1S/C27H24O2/c1-19-17-22(18-24(26(19)29)23-15-9-10-16-25(23)28)27(2,20-11-5-3-6-12-20)21-13-7-4-8-14-21/h3-18,28-29H,1-2H3. The lowest BCUT2D eigenvalue weighted by atomic mass is 9.70. The number of aromatic hydroxyl groups is 2. The molecule has 4 aromatic carbocycles. The largest absolute Gasteiger partial charge is 0.507 e. The summed E-state index contributed by atoms with van der Waals surface area (Å²) >= 11 is 0. The zero-order valence-electron chi connectivity index (χ0n) is 16.6. The van der Waals surface area contributed by atoms with Crippen LogP contribution in [-0.2, 0) is 5.41 Å². The van der Waals surface area contributed by atoms with E-state index in [2.05, 4.69) is 31.2 Å². The van der Waals surface area contributed by atoms with Crippen LogP contribution in [-0.4, -0.2) is 10.2 Å². The predicted molar refractivity (Wildman–Crippen MR) is 118 cm³/mol. The van der Waals surface area contributed by atoms with E-state index in [1.807, 2.05) is 67.6 Å². The third kappa shape index (κ3) is 3.27. The first-order valence-corrected chi connectivity index (χ1v) is 9.75. The Morgan fingerprint density at radius 1 is 0.586 bits per heavy atom. The maximum atomic E-state index is 10.8. The van der Waals surface area contributed by atoms with Crippen LogP contribution in [0.5, 0.6) is 11.5 Å². The van der Waals surface area contributed by atoms with Crippen LogP contribution in [0.2, 0.25) is 0 Å². The summed E-state index contributed by atoms with van der Waals surface area (Å²) < 4.78 is 0. The Bertz CT molecular complexity index is 1090. The molecule has 2 N–H and O–H groups in total. The molecule has 0 aliphatic rings. The topological polar surface area (TPSA) is 40.5 Å². The molecule has 0 bridgehead atoms. The van der Waals surface area contributed by atoms with Crippen molar-refractivity contribution in [1.29, 1.82) is 0 Å². The number of phenolic OH excluding ortho intramolecular Hbond substituents is 2. The Hall–Kier alpha value is -3.52. The lowest BCUT2D eigenvalue weighted by molar-refractivity contribution is 0.466. The first-order chi connectivity index (χ1) is 14.0. The minimum absolute atomic E-state index is 0.153. The van der Waals surface area contributed by atoms with Gasteiger partial charge in [-0.05, 0) is 48.2 Å². The SMILES string of the molecule is Cc1cc(C(C)(c2ccccc2)c2ccccc2)cc(-c2ccccc2O)c1O. The molecule has 0 amide bonds. The average Bonchev–Trinajstić information content (AvgIpc) is 2.77. The Balaban J connectivity index is 2.01. The second-order valence-corrected chi connectivity index (χ2v) is 7.56. The van der Waals surface area contributed by atoms with Gasteiger partial charge in [0.1, 0.15) is 11.5 Å². The van der Waals surface area contributed by atoms with Crippen LogP contribution in [0, 0.1) is 6.92 Å². The normalized spacial score (nSPS) is 11.4. The Labute approximate surface area is 171 Å². The first kappa shape index (κ1) is 18.8. The molecule has 0 unspecified atom stereocenters. The van der Waals surface area contributed by atoms with Gasteiger partial charge in [-0.3, -0.25) is 0 Å². The average molecular weight is 380 g/mol. The van der Waals surface area contributed by atoms with E-state index < -0.39 is 5.41 Å². The number of para-hydroxylation sites is 1. The van der Waals surface area contributed by atoms with E-state index in [1.54, 1.807) is 12.1 Å². The molecule has 0 atom stereocenters. The van der Waals surface area contributed by atoms with Gasteiger partial charge in [-0.2, -0.15) is 0 Å². The van der Waals surface area contributed by atoms with Crippen molar-refractivity contribution in [2.45, 2.75) is 19.3 Å². The maximum absolute atomic E-state index is 10.8. The van der Waals surface area contributed by atoms with Crippen molar-refractivity contribution in [3.63, 3.8) is 0 Å². The summed E-state index contributed by atoms with van der Waals surface area (Å²) in [5.41, 5.74) is 5.01. The van der Waals surface area contributed by atoms with E-state index >= 15 is 0 Å². The number of rotatable bonds is 4. The summed E-state index contributed by atoms with van der Waals surface area (Å²) in [6.45, 7) is 4.11. The summed E-state index contributed by atoms with van der Waals surface area (Å²) in [6.07, 6.45) is 0. The zero-order chi connectivity index (χ0) is 20.4. The molecule has 2 heteroatoms. The number of aryl methyl sites for hydroxylation is 1. The van der Waals surface area contributed by atoms with E-state index in [0.29, 0.717) is 11.1 Å². The molecule has 0 aromatic heterocycles. The molecule has 144 valence electrons. The van der Waals surface area contributed by atoms with E-state index in [9.17, 15) is 10.2 Å². The van der Waals surface area contributed by atoms with E-state index in [1.165, 1.54) is 11.1 Å². The van der Waals surface area contributed by atoms with Gasteiger partial charge in [0.05, 0.1) is 0 Å². The molecule has 0 fully saturated rings. The van der Waals surface area contributed by atoms with Gasteiger partial charge in [0.2, 0.25) is 0 Å². The Kier molecular flexibility index (Phi) is 4.85. The van der Waals surface area contributed by atoms with Crippen LogP contribution in [0.25, 0.3) is 11.1 Å². The molecule has 0 saturated carbocycles. The van der Waals surface area contributed by atoms with Gasteiger partial charge in [-0.15, -0.1) is 0 Å². The lowest BCUT2D eigenvalue weighted by Gasteiger charge is -2.33. The molecule has 2 nitrogen and oxygen atoms in total. The fourth-order valence-corrected chi connectivity index (χ4v) is 4.02. The van der Waals surface area contributed by atoms with Gasteiger partial charge in [0.15, 0.2) is 0 Å². The molecule has 4 aromatic rings. The second-order valence-electron chi connectivity index (χ2n) is 7.56. The van der Waals surface area contributed by atoms with Crippen molar-refractivity contribution >= 4 is 0 Å². The summed E-state index contributed by atoms with van der Waals surface area (Å²) in [5, 5.41) is 21.2. The fraction of sp³-hybridized carbons (Fsp3) is 0.111. The van der Waals surface area contributed by atoms with Crippen molar-refractivity contribution < 1.29 is 10.2 Å². The lowest BCUT2D eigenvalue weighted by Crippen LogP contribution is -2.25. The van der Waals surface area contributed by atoms with Crippen molar-refractivity contribution in [1.82, 2.24) is 0 Å². The number of benzene rings is 4. The third-order valence-corrected chi connectivity index (χ3v) is 5.77. The third-order valence-electron chi connectivity index (χ3n) is 5.77. The van der Waals surface area contributed by atoms with Gasteiger partial charge >= 0.3 is 0 Å². The van der Waals surface area contributed by atoms with Crippen molar-refractivity contribution in [3.8, 4) is 22.6 Å². The molecule has 0 aliphatic heterocycles. The zero-order valence-corrected chi connectivity index (χ0v) is 16.6. The molecule has 0 spiro atoms. The Morgan fingerprint density at radius 3 is 1.66 bits per heavy atom. The number of hydrogen-bond donors (Lipinski definition) is 2. The van der Waals surface area contributed by atoms with E-state index in [0.717, 1.165) is 11.1 Å². The minimum Gasteiger partial charge on any atom is -0.507 e. The molecule has 29 heavy (non-hydrogen) atoms. The van der Waals surface area contributed by atoms with Crippen LogP contribution >= 0.6 is 0 Å². The molecular formula is C27H24O2. The minimum atomic E-state index is -0.417. The fourth-order valence-electron chi connectivity index (χ4n) is 4.02.